The molecule has 0 aromatic heterocycles. The molecule has 6 nitrogen and oxygen atoms in total. The molecule has 1 aromatic rings. The SMILES string of the molecule is CC(C)(C)OC(=O)N(C1=CCC(C(C)(C)C)CC1)N(C(=O)OC(C)(C)C)c1ccccc1. The quantitative estimate of drug-likeness (QED) is 0.449. The Bertz CT molecular complexity index is 826. The first-order valence-corrected chi connectivity index (χ1v) is 11.4. The zero-order valence-electron chi connectivity index (χ0n) is 21.2. The molecule has 0 fully saturated rings. The average Bonchev–Trinajstić information content (AvgIpc) is 2.63. The van der Waals surface area contributed by atoms with Gasteiger partial charge in [-0.25, -0.2) is 9.59 Å². The van der Waals surface area contributed by atoms with E-state index in [-0.39, 0.29) is 5.41 Å². The summed E-state index contributed by atoms with van der Waals surface area (Å²) in [5, 5.41) is 2.65. The largest absolute Gasteiger partial charge is 0.442 e. The van der Waals surface area contributed by atoms with E-state index >= 15 is 0 Å². The molecule has 0 saturated heterocycles. The van der Waals surface area contributed by atoms with Crippen LogP contribution in [0.2, 0.25) is 0 Å². The molecule has 0 saturated carbocycles. The van der Waals surface area contributed by atoms with Gasteiger partial charge in [0.2, 0.25) is 0 Å². The van der Waals surface area contributed by atoms with Gasteiger partial charge in [0.1, 0.15) is 11.2 Å². The Balaban J connectivity index is 2.54. The Kier molecular flexibility index (Phi) is 7.69. The number of hydrazine groups is 1. The number of rotatable bonds is 2. The van der Waals surface area contributed by atoms with E-state index in [1.165, 1.54) is 10.0 Å². The van der Waals surface area contributed by atoms with Crippen LogP contribution in [0, 0.1) is 11.3 Å². The first-order chi connectivity index (χ1) is 14.6. The van der Waals surface area contributed by atoms with Gasteiger partial charge in [0.05, 0.1) is 5.69 Å². The molecule has 2 rings (SSSR count). The fourth-order valence-corrected chi connectivity index (χ4v) is 3.61. The van der Waals surface area contributed by atoms with Gasteiger partial charge in [0.15, 0.2) is 0 Å². The van der Waals surface area contributed by atoms with Crippen LogP contribution in [0.4, 0.5) is 15.3 Å². The van der Waals surface area contributed by atoms with Crippen molar-refractivity contribution in [1.82, 2.24) is 5.01 Å². The smallest absolute Gasteiger partial charge is 0.434 e. The Morgan fingerprint density at radius 3 is 1.72 bits per heavy atom. The van der Waals surface area contributed by atoms with Crippen LogP contribution in [0.15, 0.2) is 42.1 Å². The van der Waals surface area contributed by atoms with E-state index in [2.05, 4.69) is 26.8 Å². The maximum atomic E-state index is 13.4. The van der Waals surface area contributed by atoms with Crippen LogP contribution in [0.5, 0.6) is 0 Å². The summed E-state index contributed by atoms with van der Waals surface area (Å²) in [5.74, 6) is 0.499. The Morgan fingerprint density at radius 1 is 0.812 bits per heavy atom. The minimum Gasteiger partial charge on any atom is -0.442 e. The minimum absolute atomic E-state index is 0.170. The van der Waals surface area contributed by atoms with Crippen molar-refractivity contribution in [2.24, 2.45) is 11.3 Å². The van der Waals surface area contributed by atoms with Crippen molar-refractivity contribution in [3.63, 3.8) is 0 Å². The lowest BCUT2D eigenvalue weighted by atomic mass is 9.74. The Labute approximate surface area is 193 Å². The molecular formula is C26H40N2O4. The summed E-state index contributed by atoms with van der Waals surface area (Å²) in [6, 6.07) is 9.07. The topological polar surface area (TPSA) is 59.1 Å². The summed E-state index contributed by atoms with van der Waals surface area (Å²) in [4.78, 5) is 26.8. The molecule has 0 radical (unpaired) electrons. The third kappa shape index (κ3) is 7.28. The number of allylic oxidation sites excluding steroid dienone is 2. The lowest BCUT2D eigenvalue weighted by molar-refractivity contribution is 0.0183. The molecule has 0 N–H and O–H groups in total. The van der Waals surface area contributed by atoms with Crippen molar-refractivity contribution in [2.75, 3.05) is 5.01 Å². The normalized spacial score (nSPS) is 17.3. The maximum absolute atomic E-state index is 13.4. The third-order valence-electron chi connectivity index (χ3n) is 5.22. The van der Waals surface area contributed by atoms with Crippen molar-refractivity contribution < 1.29 is 19.1 Å². The van der Waals surface area contributed by atoms with Crippen LogP contribution >= 0.6 is 0 Å². The molecule has 178 valence electrons. The van der Waals surface area contributed by atoms with Gasteiger partial charge in [-0.2, -0.15) is 10.0 Å². The Hall–Kier alpha value is -2.50. The van der Waals surface area contributed by atoms with E-state index in [1.54, 1.807) is 32.9 Å². The second-order valence-electron chi connectivity index (χ2n) is 11.5. The van der Waals surface area contributed by atoms with Gasteiger partial charge in [0, 0.05) is 5.70 Å². The average molecular weight is 445 g/mol. The molecule has 32 heavy (non-hydrogen) atoms. The lowest BCUT2D eigenvalue weighted by Gasteiger charge is -2.40. The predicted molar refractivity (Wildman–Crippen MR) is 128 cm³/mol. The van der Waals surface area contributed by atoms with E-state index in [4.69, 9.17) is 9.47 Å². The number of hydrogen-bond acceptors (Lipinski definition) is 4. The van der Waals surface area contributed by atoms with E-state index in [1.807, 2.05) is 39.0 Å². The van der Waals surface area contributed by atoms with E-state index in [0.717, 1.165) is 18.5 Å². The number of carbonyl (C=O) groups excluding carboxylic acids is 2. The van der Waals surface area contributed by atoms with Gasteiger partial charge in [0.25, 0.3) is 0 Å². The number of benzene rings is 1. The lowest BCUT2D eigenvalue weighted by Crippen LogP contribution is -2.53. The van der Waals surface area contributed by atoms with Crippen LogP contribution in [0.3, 0.4) is 0 Å². The number of ether oxygens (including phenoxy) is 2. The van der Waals surface area contributed by atoms with E-state index < -0.39 is 23.4 Å². The number of para-hydroxylation sites is 1. The number of anilines is 1. The summed E-state index contributed by atoms with van der Waals surface area (Å²) in [7, 11) is 0. The standard InChI is InChI=1S/C26H40N2O4/c1-24(2,3)19-15-17-21(18-16-19)28(23(30)32-26(7,8)9)27(20-13-11-10-12-14-20)22(29)31-25(4,5)6/h10-14,17,19H,15-16,18H2,1-9H3. The highest BCUT2D eigenvalue weighted by atomic mass is 16.6. The molecule has 1 atom stereocenters. The zero-order valence-corrected chi connectivity index (χ0v) is 21.2. The molecule has 0 spiro atoms. The molecule has 0 bridgehead atoms. The van der Waals surface area contributed by atoms with E-state index in [0.29, 0.717) is 18.0 Å². The fourth-order valence-electron chi connectivity index (χ4n) is 3.61. The second-order valence-corrected chi connectivity index (χ2v) is 11.5. The third-order valence-corrected chi connectivity index (χ3v) is 5.22. The molecule has 1 aliphatic rings. The second kappa shape index (κ2) is 9.55. The predicted octanol–water partition coefficient (Wildman–Crippen LogP) is 7.31. The summed E-state index contributed by atoms with van der Waals surface area (Å²) in [6.07, 6.45) is 3.23. The molecule has 1 aromatic carbocycles. The summed E-state index contributed by atoms with van der Waals surface area (Å²) in [6.45, 7) is 17.6. The Morgan fingerprint density at radius 2 is 1.31 bits per heavy atom. The summed E-state index contributed by atoms with van der Waals surface area (Å²) < 4.78 is 11.4. The highest BCUT2D eigenvalue weighted by Gasteiger charge is 2.38. The van der Waals surface area contributed by atoms with Crippen LogP contribution in [-0.4, -0.2) is 28.4 Å². The van der Waals surface area contributed by atoms with Crippen LogP contribution in [0.25, 0.3) is 0 Å². The molecule has 1 unspecified atom stereocenters. The zero-order chi connectivity index (χ0) is 24.3. The van der Waals surface area contributed by atoms with Gasteiger partial charge in [-0.3, -0.25) is 0 Å². The van der Waals surface area contributed by atoms with Gasteiger partial charge in [-0.05, 0) is 84.3 Å². The van der Waals surface area contributed by atoms with Crippen LogP contribution in [0.1, 0.15) is 81.6 Å². The number of hydrogen-bond donors (Lipinski definition) is 0. The van der Waals surface area contributed by atoms with Crippen molar-refractivity contribution in [2.45, 2.75) is 92.8 Å². The van der Waals surface area contributed by atoms with E-state index in [9.17, 15) is 9.59 Å². The van der Waals surface area contributed by atoms with Crippen LogP contribution in [-0.2, 0) is 9.47 Å². The molecule has 0 aliphatic heterocycles. The molecule has 0 heterocycles. The van der Waals surface area contributed by atoms with Crippen molar-refractivity contribution in [1.29, 1.82) is 0 Å². The highest BCUT2D eigenvalue weighted by Crippen LogP contribution is 2.39. The van der Waals surface area contributed by atoms with Gasteiger partial charge < -0.3 is 9.47 Å². The molecular weight excluding hydrogens is 404 g/mol. The fraction of sp³-hybridized carbons (Fsp3) is 0.615. The van der Waals surface area contributed by atoms with Crippen LogP contribution < -0.4 is 5.01 Å². The molecule has 2 amide bonds. The van der Waals surface area contributed by atoms with Gasteiger partial charge >= 0.3 is 12.2 Å². The summed E-state index contributed by atoms with van der Waals surface area (Å²) >= 11 is 0. The van der Waals surface area contributed by atoms with Crippen molar-refractivity contribution in [3.05, 3.63) is 42.1 Å². The highest BCUT2D eigenvalue weighted by molar-refractivity contribution is 5.91. The first-order valence-electron chi connectivity index (χ1n) is 11.4. The van der Waals surface area contributed by atoms with Gasteiger partial charge in [-0.15, -0.1) is 0 Å². The summed E-state index contributed by atoms with van der Waals surface area (Å²) in [5.41, 5.74) is 0.0146. The number of nitrogens with zero attached hydrogens (tertiary/aromatic N) is 2. The van der Waals surface area contributed by atoms with Gasteiger partial charge in [-0.1, -0.05) is 45.0 Å². The number of carbonyl (C=O) groups is 2. The van der Waals surface area contributed by atoms with Crippen molar-refractivity contribution in [3.8, 4) is 0 Å². The minimum atomic E-state index is -0.720. The maximum Gasteiger partial charge on any atom is 0.434 e. The first kappa shape index (κ1) is 25.8. The monoisotopic (exact) mass is 444 g/mol. The number of amides is 2. The van der Waals surface area contributed by atoms with Crippen molar-refractivity contribution >= 4 is 17.9 Å². The molecule has 6 heteroatoms. The molecule has 1 aliphatic carbocycles.